The number of rotatable bonds is 1. The van der Waals surface area contributed by atoms with Crippen LogP contribution < -0.4 is 11.3 Å². The van der Waals surface area contributed by atoms with Crippen molar-refractivity contribution in [3.63, 3.8) is 0 Å². The molecule has 72 valence electrons. The van der Waals surface area contributed by atoms with Gasteiger partial charge in [0.2, 0.25) is 0 Å². The highest BCUT2D eigenvalue weighted by atomic mass is 127. The van der Waals surface area contributed by atoms with Crippen LogP contribution in [-0.2, 0) is 6.18 Å². The van der Waals surface area contributed by atoms with E-state index in [0.717, 1.165) is 6.07 Å². The molecular formula is C7H6F3IN2. The molecule has 0 saturated carbocycles. The number of hydrogen-bond donors (Lipinski definition) is 2. The van der Waals surface area contributed by atoms with E-state index >= 15 is 0 Å². The van der Waals surface area contributed by atoms with Gasteiger partial charge in [0, 0.05) is 9.26 Å². The second-order valence-corrected chi connectivity index (χ2v) is 3.50. The number of nitrogen functional groups attached to an aromatic ring is 1. The molecule has 0 aliphatic rings. The zero-order valence-corrected chi connectivity index (χ0v) is 8.48. The molecule has 3 N–H and O–H groups in total. The Kier molecular flexibility index (Phi) is 3.01. The van der Waals surface area contributed by atoms with Crippen molar-refractivity contribution in [2.75, 3.05) is 5.43 Å². The first-order valence-corrected chi connectivity index (χ1v) is 4.36. The second kappa shape index (κ2) is 3.70. The van der Waals surface area contributed by atoms with Gasteiger partial charge in [-0.2, -0.15) is 13.2 Å². The van der Waals surface area contributed by atoms with Crippen molar-refractivity contribution < 1.29 is 13.2 Å². The number of nitrogens with two attached hydrogens (primary N) is 1. The van der Waals surface area contributed by atoms with Crippen LogP contribution >= 0.6 is 22.6 Å². The fourth-order valence-corrected chi connectivity index (χ4v) is 1.47. The highest BCUT2D eigenvalue weighted by Crippen LogP contribution is 2.34. The van der Waals surface area contributed by atoms with Crippen molar-refractivity contribution in [2.24, 2.45) is 5.84 Å². The SMILES string of the molecule is NNc1ccc(I)c(C(F)(F)F)c1. The van der Waals surface area contributed by atoms with Gasteiger partial charge in [-0.3, -0.25) is 5.84 Å². The van der Waals surface area contributed by atoms with E-state index in [1.807, 2.05) is 0 Å². The summed E-state index contributed by atoms with van der Waals surface area (Å²) in [5.74, 6) is 4.99. The van der Waals surface area contributed by atoms with Crippen molar-refractivity contribution in [1.82, 2.24) is 0 Å². The topological polar surface area (TPSA) is 38.0 Å². The summed E-state index contributed by atoms with van der Waals surface area (Å²) in [7, 11) is 0. The Balaban J connectivity index is 3.19. The monoisotopic (exact) mass is 302 g/mol. The number of hydrogen-bond acceptors (Lipinski definition) is 2. The summed E-state index contributed by atoms with van der Waals surface area (Å²) in [6.07, 6.45) is -4.33. The number of nitrogens with one attached hydrogen (secondary N) is 1. The second-order valence-electron chi connectivity index (χ2n) is 2.34. The lowest BCUT2D eigenvalue weighted by Crippen LogP contribution is -2.11. The van der Waals surface area contributed by atoms with Gasteiger partial charge in [-0.05, 0) is 40.8 Å². The van der Waals surface area contributed by atoms with E-state index in [9.17, 15) is 13.2 Å². The lowest BCUT2D eigenvalue weighted by atomic mass is 10.2. The molecule has 0 aliphatic heterocycles. The van der Waals surface area contributed by atoms with Crippen molar-refractivity contribution >= 4 is 28.3 Å². The average molecular weight is 302 g/mol. The van der Waals surface area contributed by atoms with Crippen LogP contribution in [0.3, 0.4) is 0 Å². The predicted octanol–water partition coefficient (Wildman–Crippen LogP) is 2.60. The molecule has 0 saturated heterocycles. The number of hydrazine groups is 1. The molecule has 1 rings (SSSR count). The van der Waals surface area contributed by atoms with E-state index in [4.69, 9.17) is 5.84 Å². The summed E-state index contributed by atoms with van der Waals surface area (Å²) in [5.41, 5.74) is 1.73. The summed E-state index contributed by atoms with van der Waals surface area (Å²) >= 11 is 1.63. The van der Waals surface area contributed by atoms with Crippen LogP contribution in [0.15, 0.2) is 18.2 Å². The summed E-state index contributed by atoms with van der Waals surface area (Å²) in [6, 6.07) is 3.82. The maximum Gasteiger partial charge on any atom is 0.417 e. The van der Waals surface area contributed by atoms with Gasteiger partial charge in [0.15, 0.2) is 0 Å². The smallest absolute Gasteiger partial charge is 0.324 e. The van der Waals surface area contributed by atoms with E-state index in [0.29, 0.717) is 0 Å². The molecule has 0 aliphatic carbocycles. The van der Waals surface area contributed by atoms with Crippen LogP contribution in [0.25, 0.3) is 0 Å². The Morgan fingerprint density at radius 3 is 2.38 bits per heavy atom. The van der Waals surface area contributed by atoms with Crippen LogP contribution in [0.5, 0.6) is 0 Å². The normalized spacial score (nSPS) is 11.5. The lowest BCUT2D eigenvalue weighted by Gasteiger charge is -2.10. The van der Waals surface area contributed by atoms with Gasteiger partial charge in [-0.15, -0.1) is 0 Å². The molecule has 0 heterocycles. The van der Waals surface area contributed by atoms with Gasteiger partial charge in [-0.25, -0.2) is 0 Å². The molecule has 0 unspecified atom stereocenters. The van der Waals surface area contributed by atoms with E-state index in [-0.39, 0.29) is 9.26 Å². The third kappa shape index (κ3) is 2.47. The largest absolute Gasteiger partial charge is 0.417 e. The molecule has 0 aromatic heterocycles. The van der Waals surface area contributed by atoms with Crippen LogP contribution in [0.4, 0.5) is 18.9 Å². The number of benzene rings is 1. The molecule has 0 amide bonds. The minimum Gasteiger partial charge on any atom is -0.324 e. The predicted molar refractivity (Wildman–Crippen MR) is 52.0 cm³/mol. The molecular weight excluding hydrogens is 296 g/mol. The molecule has 13 heavy (non-hydrogen) atoms. The fraction of sp³-hybridized carbons (Fsp3) is 0.143. The van der Waals surface area contributed by atoms with Crippen LogP contribution in [0, 0.1) is 3.57 Å². The standard InChI is InChI=1S/C7H6F3IN2/c8-7(9,10)5-3-4(13-12)1-2-6(5)11/h1-3,13H,12H2. The quantitative estimate of drug-likeness (QED) is 0.475. The Morgan fingerprint density at radius 2 is 1.92 bits per heavy atom. The number of alkyl halides is 3. The summed E-state index contributed by atoms with van der Waals surface area (Å²) in [4.78, 5) is 0. The lowest BCUT2D eigenvalue weighted by molar-refractivity contribution is -0.138. The van der Waals surface area contributed by atoms with Gasteiger partial charge in [0.1, 0.15) is 0 Å². The first-order valence-electron chi connectivity index (χ1n) is 3.28. The van der Waals surface area contributed by atoms with E-state index < -0.39 is 11.7 Å². The van der Waals surface area contributed by atoms with Gasteiger partial charge >= 0.3 is 6.18 Å². The molecule has 1 aromatic carbocycles. The van der Waals surface area contributed by atoms with Crippen LogP contribution in [0.2, 0.25) is 0 Å². The minimum atomic E-state index is -4.33. The molecule has 0 atom stereocenters. The first-order chi connectivity index (χ1) is 5.95. The van der Waals surface area contributed by atoms with E-state index in [1.54, 1.807) is 22.6 Å². The fourth-order valence-electron chi connectivity index (χ4n) is 0.832. The average Bonchev–Trinajstić information content (AvgIpc) is 2.03. The molecule has 6 heteroatoms. The highest BCUT2D eigenvalue weighted by Gasteiger charge is 2.32. The molecule has 0 radical (unpaired) electrons. The Morgan fingerprint density at radius 1 is 1.31 bits per heavy atom. The molecule has 0 spiro atoms. The zero-order valence-electron chi connectivity index (χ0n) is 6.32. The Hall–Kier alpha value is -0.500. The van der Waals surface area contributed by atoms with Crippen molar-refractivity contribution in [3.05, 3.63) is 27.3 Å². The number of anilines is 1. The van der Waals surface area contributed by atoms with Gasteiger partial charge < -0.3 is 5.43 Å². The third-order valence-corrected chi connectivity index (χ3v) is 2.38. The van der Waals surface area contributed by atoms with Gasteiger partial charge in [-0.1, -0.05) is 0 Å². The summed E-state index contributed by atoms with van der Waals surface area (Å²) in [6.45, 7) is 0. The van der Waals surface area contributed by atoms with Gasteiger partial charge in [0.05, 0.1) is 5.56 Å². The number of halogens is 4. The van der Waals surface area contributed by atoms with Crippen molar-refractivity contribution in [2.45, 2.75) is 6.18 Å². The molecule has 0 bridgehead atoms. The Bertz CT molecular complexity index is 311. The van der Waals surface area contributed by atoms with Crippen molar-refractivity contribution in [3.8, 4) is 0 Å². The van der Waals surface area contributed by atoms with Crippen LogP contribution in [-0.4, -0.2) is 0 Å². The Labute approximate surface area is 86.4 Å². The highest BCUT2D eigenvalue weighted by molar-refractivity contribution is 14.1. The van der Waals surface area contributed by atoms with E-state index in [2.05, 4.69) is 5.43 Å². The molecule has 2 nitrogen and oxygen atoms in total. The maximum atomic E-state index is 12.3. The van der Waals surface area contributed by atoms with Gasteiger partial charge in [0.25, 0.3) is 0 Å². The minimum absolute atomic E-state index is 0.157. The maximum absolute atomic E-state index is 12.3. The molecule has 0 fully saturated rings. The summed E-state index contributed by atoms with van der Waals surface area (Å²) < 4.78 is 37.0. The van der Waals surface area contributed by atoms with Crippen LogP contribution in [0.1, 0.15) is 5.56 Å². The third-order valence-electron chi connectivity index (χ3n) is 1.44. The van der Waals surface area contributed by atoms with Crippen molar-refractivity contribution in [1.29, 1.82) is 0 Å². The summed E-state index contributed by atoms with van der Waals surface area (Å²) in [5, 5.41) is 0. The zero-order chi connectivity index (χ0) is 10.1. The van der Waals surface area contributed by atoms with E-state index in [1.165, 1.54) is 12.1 Å². The molecule has 1 aromatic rings. The first kappa shape index (κ1) is 10.6.